The van der Waals surface area contributed by atoms with Crippen molar-refractivity contribution in [2.45, 2.75) is 45.2 Å². The monoisotopic (exact) mass is 339 g/mol. The molecule has 2 N–H and O–H groups in total. The number of rotatable bonds is 4. The minimum atomic E-state index is -3.81. The van der Waals surface area contributed by atoms with Gasteiger partial charge in [0.25, 0.3) is 0 Å². The number of sulfonamides is 1. The van der Waals surface area contributed by atoms with Gasteiger partial charge in [-0.15, -0.1) is 0 Å². The lowest BCUT2D eigenvalue weighted by atomic mass is 9.89. The van der Waals surface area contributed by atoms with Crippen LogP contribution in [0.25, 0.3) is 0 Å². The number of halogens is 2. The molecule has 0 aromatic heterocycles. The Balaban J connectivity index is 3.26. The molecule has 0 saturated carbocycles. The summed E-state index contributed by atoms with van der Waals surface area (Å²) in [7, 11) is -3.81. The van der Waals surface area contributed by atoms with Gasteiger partial charge in [0.05, 0.1) is 11.6 Å². The molecule has 0 aliphatic carbocycles. The lowest BCUT2D eigenvalue weighted by Crippen LogP contribution is -2.41. The van der Waals surface area contributed by atoms with Crippen LogP contribution >= 0.6 is 23.2 Å². The Kier molecular flexibility index (Phi) is 5.49. The van der Waals surface area contributed by atoms with Crippen molar-refractivity contribution in [2.24, 2.45) is 5.41 Å². The van der Waals surface area contributed by atoms with E-state index in [1.807, 2.05) is 20.8 Å². The number of aliphatic hydroxyl groups is 1. The third-order valence-electron chi connectivity index (χ3n) is 3.17. The quantitative estimate of drug-likeness (QED) is 0.885. The highest BCUT2D eigenvalue weighted by molar-refractivity contribution is 7.89. The van der Waals surface area contributed by atoms with Crippen LogP contribution in [0.1, 0.15) is 33.3 Å². The average Bonchev–Trinajstić information content (AvgIpc) is 2.29. The highest BCUT2D eigenvalue weighted by atomic mass is 35.5. The van der Waals surface area contributed by atoms with Crippen molar-refractivity contribution in [1.82, 2.24) is 4.72 Å². The first kappa shape index (κ1) is 17.7. The minimum absolute atomic E-state index is 0.00879. The van der Waals surface area contributed by atoms with E-state index in [0.717, 1.165) is 0 Å². The maximum Gasteiger partial charge on any atom is 0.242 e. The molecule has 4 nitrogen and oxygen atoms in total. The van der Waals surface area contributed by atoms with Gasteiger partial charge in [-0.2, -0.15) is 0 Å². The second kappa shape index (κ2) is 6.20. The van der Waals surface area contributed by atoms with Crippen LogP contribution < -0.4 is 4.72 Å². The van der Waals surface area contributed by atoms with Crippen molar-refractivity contribution >= 4 is 33.2 Å². The maximum absolute atomic E-state index is 12.4. The van der Waals surface area contributed by atoms with E-state index in [-0.39, 0.29) is 38.6 Å². The molecule has 0 spiro atoms. The fourth-order valence-electron chi connectivity index (χ4n) is 1.40. The number of benzene rings is 1. The first-order valence-corrected chi connectivity index (χ1v) is 8.34. The fourth-order valence-corrected chi connectivity index (χ4v) is 3.78. The molecular formula is C13H19Cl2NO3S. The molecule has 0 heterocycles. The van der Waals surface area contributed by atoms with Gasteiger partial charge in [0, 0.05) is 11.1 Å². The molecule has 1 aromatic rings. The highest BCUT2D eigenvalue weighted by Crippen LogP contribution is 2.30. The summed E-state index contributed by atoms with van der Waals surface area (Å²) in [5, 5.41) is 9.39. The average molecular weight is 340 g/mol. The molecule has 1 atom stereocenters. The number of aliphatic hydroxyl groups excluding tert-OH is 1. The molecule has 1 rings (SSSR count). The van der Waals surface area contributed by atoms with Crippen LogP contribution in [-0.4, -0.2) is 19.6 Å². The van der Waals surface area contributed by atoms with Crippen molar-refractivity contribution in [3.8, 4) is 0 Å². The Morgan fingerprint density at radius 2 is 1.85 bits per heavy atom. The van der Waals surface area contributed by atoms with Crippen molar-refractivity contribution in [3.05, 3.63) is 27.7 Å². The molecule has 0 aliphatic rings. The Morgan fingerprint density at radius 3 is 2.30 bits per heavy atom. The van der Waals surface area contributed by atoms with Gasteiger partial charge in [-0.1, -0.05) is 44.0 Å². The van der Waals surface area contributed by atoms with Crippen molar-refractivity contribution in [1.29, 1.82) is 0 Å². The van der Waals surface area contributed by atoms with E-state index in [1.165, 1.54) is 12.1 Å². The van der Waals surface area contributed by atoms with Gasteiger partial charge in [0.1, 0.15) is 4.90 Å². The Bertz CT molecular complexity index is 594. The molecule has 0 saturated heterocycles. The SMILES string of the molecule is CC(NS(=O)(=O)c1cc(Cl)cc(CO)c1Cl)C(C)(C)C. The van der Waals surface area contributed by atoms with Crippen LogP contribution in [0.5, 0.6) is 0 Å². The van der Waals surface area contributed by atoms with E-state index >= 15 is 0 Å². The third-order valence-corrected chi connectivity index (χ3v) is 5.51. The molecular weight excluding hydrogens is 321 g/mol. The molecule has 0 aliphatic heterocycles. The fraction of sp³-hybridized carbons (Fsp3) is 0.538. The highest BCUT2D eigenvalue weighted by Gasteiger charge is 2.28. The summed E-state index contributed by atoms with van der Waals surface area (Å²) in [6.45, 7) is 7.19. The largest absolute Gasteiger partial charge is 0.392 e. The van der Waals surface area contributed by atoms with Crippen LogP contribution in [0.15, 0.2) is 17.0 Å². The molecule has 1 unspecified atom stereocenters. The Labute approximate surface area is 130 Å². The predicted molar refractivity (Wildman–Crippen MR) is 81.6 cm³/mol. The molecule has 0 radical (unpaired) electrons. The molecule has 114 valence electrons. The number of hydrogen-bond acceptors (Lipinski definition) is 3. The van der Waals surface area contributed by atoms with E-state index in [0.29, 0.717) is 0 Å². The molecule has 20 heavy (non-hydrogen) atoms. The van der Waals surface area contributed by atoms with Crippen LogP contribution in [0.4, 0.5) is 0 Å². The Hall–Kier alpha value is -0.330. The smallest absolute Gasteiger partial charge is 0.242 e. The zero-order valence-electron chi connectivity index (χ0n) is 11.9. The van der Waals surface area contributed by atoms with E-state index in [2.05, 4.69) is 4.72 Å². The molecule has 1 aromatic carbocycles. The summed E-state index contributed by atoms with van der Waals surface area (Å²) in [6.07, 6.45) is 0. The summed E-state index contributed by atoms with van der Waals surface area (Å²) in [4.78, 5) is -0.119. The van der Waals surface area contributed by atoms with Gasteiger partial charge < -0.3 is 5.11 Å². The standard InChI is InChI=1S/C13H19Cl2NO3S/c1-8(13(2,3)4)16-20(18,19)11-6-10(14)5-9(7-17)12(11)15/h5-6,8,16-17H,7H2,1-4H3. The molecule has 0 amide bonds. The van der Waals surface area contributed by atoms with E-state index in [9.17, 15) is 13.5 Å². The number of nitrogens with one attached hydrogen (secondary N) is 1. The van der Waals surface area contributed by atoms with Crippen molar-refractivity contribution in [2.75, 3.05) is 0 Å². The maximum atomic E-state index is 12.4. The normalized spacial score (nSPS) is 14.3. The summed E-state index contributed by atoms with van der Waals surface area (Å²) >= 11 is 11.9. The van der Waals surface area contributed by atoms with Crippen LogP contribution in [0.3, 0.4) is 0 Å². The van der Waals surface area contributed by atoms with E-state index < -0.39 is 10.0 Å². The van der Waals surface area contributed by atoms with E-state index in [4.69, 9.17) is 23.2 Å². The second-order valence-electron chi connectivity index (χ2n) is 5.74. The summed E-state index contributed by atoms with van der Waals surface area (Å²) in [5.74, 6) is 0. The Morgan fingerprint density at radius 1 is 1.30 bits per heavy atom. The lowest BCUT2D eigenvalue weighted by Gasteiger charge is -2.28. The summed E-state index contributed by atoms with van der Waals surface area (Å²) in [5.41, 5.74) is 0.0423. The minimum Gasteiger partial charge on any atom is -0.392 e. The second-order valence-corrected chi connectivity index (χ2v) is 8.24. The first-order chi connectivity index (χ1) is 8.99. The predicted octanol–water partition coefficient (Wildman–Crippen LogP) is 3.20. The van der Waals surface area contributed by atoms with Crippen LogP contribution in [0, 0.1) is 5.41 Å². The van der Waals surface area contributed by atoms with Crippen molar-refractivity contribution in [3.63, 3.8) is 0 Å². The zero-order chi connectivity index (χ0) is 15.7. The van der Waals surface area contributed by atoms with Gasteiger partial charge >= 0.3 is 0 Å². The van der Waals surface area contributed by atoms with Crippen molar-refractivity contribution < 1.29 is 13.5 Å². The van der Waals surface area contributed by atoms with E-state index in [1.54, 1.807) is 6.92 Å². The van der Waals surface area contributed by atoms with Gasteiger partial charge in [-0.25, -0.2) is 13.1 Å². The summed E-state index contributed by atoms with van der Waals surface area (Å²) < 4.78 is 27.4. The van der Waals surface area contributed by atoms with Gasteiger partial charge in [0.2, 0.25) is 10.0 Å². The molecule has 0 fully saturated rings. The topological polar surface area (TPSA) is 66.4 Å². The lowest BCUT2D eigenvalue weighted by molar-refractivity contribution is 0.281. The third kappa shape index (κ3) is 4.09. The van der Waals surface area contributed by atoms with Gasteiger partial charge in [-0.3, -0.25) is 0 Å². The van der Waals surface area contributed by atoms with Crippen LogP contribution in [-0.2, 0) is 16.6 Å². The number of hydrogen-bond donors (Lipinski definition) is 2. The first-order valence-electron chi connectivity index (χ1n) is 6.10. The molecule has 7 heteroatoms. The molecule has 0 bridgehead atoms. The van der Waals surface area contributed by atoms with Gasteiger partial charge in [-0.05, 0) is 30.0 Å². The van der Waals surface area contributed by atoms with Crippen LogP contribution in [0.2, 0.25) is 10.0 Å². The zero-order valence-corrected chi connectivity index (χ0v) is 14.2. The summed E-state index contributed by atoms with van der Waals surface area (Å²) in [6, 6.07) is 2.43. The van der Waals surface area contributed by atoms with Gasteiger partial charge in [0.15, 0.2) is 0 Å².